The number of rotatable bonds is 4. The molecule has 0 aromatic heterocycles. The van der Waals surface area contributed by atoms with Crippen LogP contribution in [0, 0.1) is 0 Å². The maximum atomic E-state index is 5.98. The normalized spacial score (nSPS) is 24.9. The topological polar surface area (TPSA) is 62.9 Å². The van der Waals surface area contributed by atoms with Crippen molar-refractivity contribution in [3.05, 3.63) is 0 Å². The summed E-state index contributed by atoms with van der Waals surface area (Å²) in [5.74, 6) is 0.582. The third-order valence-electron chi connectivity index (χ3n) is 4.45. The zero-order valence-corrected chi connectivity index (χ0v) is 13.0. The van der Waals surface area contributed by atoms with Gasteiger partial charge in [0, 0.05) is 24.7 Å². The van der Waals surface area contributed by atoms with Crippen molar-refractivity contribution >= 4 is 5.96 Å². The Labute approximate surface area is 122 Å². The van der Waals surface area contributed by atoms with Crippen molar-refractivity contribution in [1.29, 1.82) is 0 Å². The van der Waals surface area contributed by atoms with E-state index in [2.05, 4.69) is 29.1 Å². The molecule has 2 fully saturated rings. The summed E-state index contributed by atoms with van der Waals surface area (Å²) >= 11 is 0. The lowest BCUT2D eigenvalue weighted by Crippen LogP contribution is -2.56. The van der Waals surface area contributed by atoms with Crippen LogP contribution in [0.2, 0.25) is 0 Å². The lowest BCUT2D eigenvalue weighted by molar-refractivity contribution is -0.0333. The fourth-order valence-corrected chi connectivity index (χ4v) is 3.40. The summed E-state index contributed by atoms with van der Waals surface area (Å²) in [5, 5.41) is 3.19. The first-order chi connectivity index (χ1) is 9.62. The molecule has 2 rings (SSSR count). The summed E-state index contributed by atoms with van der Waals surface area (Å²) in [6.45, 7) is 8.76. The minimum atomic E-state index is 0.214. The largest absolute Gasteiger partial charge is 0.379 e. The summed E-state index contributed by atoms with van der Waals surface area (Å²) < 4.78 is 5.50. The number of nitrogens with zero attached hydrogens (tertiary/aromatic N) is 2. The maximum absolute atomic E-state index is 5.98. The zero-order valence-electron chi connectivity index (χ0n) is 13.0. The van der Waals surface area contributed by atoms with Gasteiger partial charge in [0.2, 0.25) is 0 Å². The van der Waals surface area contributed by atoms with Gasteiger partial charge in [0.05, 0.1) is 19.8 Å². The van der Waals surface area contributed by atoms with Crippen molar-refractivity contribution in [1.82, 2.24) is 10.2 Å². The van der Waals surface area contributed by atoms with Crippen LogP contribution in [0.4, 0.5) is 0 Å². The Morgan fingerprint density at radius 3 is 2.50 bits per heavy atom. The molecule has 1 aliphatic carbocycles. The smallest absolute Gasteiger partial charge is 0.188 e. The molecule has 5 nitrogen and oxygen atoms in total. The van der Waals surface area contributed by atoms with E-state index in [-0.39, 0.29) is 5.54 Å². The third kappa shape index (κ3) is 4.09. The van der Waals surface area contributed by atoms with Crippen molar-refractivity contribution < 1.29 is 4.74 Å². The highest BCUT2D eigenvalue weighted by Gasteiger charge is 2.38. The SMILES string of the molecule is CC(C)NC(N)=NCC1(N2CCOCC2)CCCCC1. The Morgan fingerprint density at radius 1 is 1.25 bits per heavy atom. The van der Waals surface area contributed by atoms with Gasteiger partial charge in [-0.25, -0.2) is 0 Å². The van der Waals surface area contributed by atoms with Gasteiger partial charge in [-0.3, -0.25) is 9.89 Å². The van der Waals surface area contributed by atoms with Gasteiger partial charge in [-0.1, -0.05) is 19.3 Å². The number of guanidine groups is 1. The summed E-state index contributed by atoms with van der Waals surface area (Å²) in [6.07, 6.45) is 6.46. The van der Waals surface area contributed by atoms with Crippen LogP contribution in [0.25, 0.3) is 0 Å². The molecule has 0 bridgehead atoms. The van der Waals surface area contributed by atoms with Gasteiger partial charge in [0.1, 0.15) is 0 Å². The van der Waals surface area contributed by atoms with Crippen molar-refractivity contribution in [2.45, 2.75) is 57.5 Å². The van der Waals surface area contributed by atoms with E-state index in [4.69, 9.17) is 10.5 Å². The first-order valence-electron chi connectivity index (χ1n) is 8.02. The van der Waals surface area contributed by atoms with Crippen molar-refractivity contribution in [3.8, 4) is 0 Å². The molecule has 2 aliphatic rings. The number of ether oxygens (including phenoxy) is 1. The highest BCUT2D eigenvalue weighted by Crippen LogP contribution is 2.34. The van der Waals surface area contributed by atoms with Crippen LogP contribution in [0.15, 0.2) is 4.99 Å². The predicted molar refractivity (Wildman–Crippen MR) is 83.0 cm³/mol. The van der Waals surface area contributed by atoms with E-state index in [0.29, 0.717) is 12.0 Å². The molecule has 116 valence electrons. The van der Waals surface area contributed by atoms with Crippen molar-refractivity contribution in [2.24, 2.45) is 10.7 Å². The Balaban J connectivity index is 2.02. The molecule has 3 N–H and O–H groups in total. The lowest BCUT2D eigenvalue weighted by Gasteiger charge is -2.47. The fourth-order valence-electron chi connectivity index (χ4n) is 3.40. The summed E-state index contributed by atoms with van der Waals surface area (Å²) in [5.41, 5.74) is 6.19. The minimum absolute atomic E-state index is 0.214. The van der Waals surface area contributed by atoms with Crippen LogP contribution in [-0.4, -0.2) is 55.3 Å². The number of morpholine rings is 1. The molecule has 5 heteroatoms. The fraction of sp³-hybridized carbons (Fsp3) is 0.933. The number of hydrogen-bond acceptors (Lipinski definition) is 3. The van der Waals surface area contributed by atoms with Gasteiger partial charge >= 0.3 is 0 Å². The molecule has 20 heavy (non-hydrogen) atoms. The molecule has 0 aromatic carbocycles. The Kier molecular flexibility index (Phi) is 5.66. The molecular weight excluding hydrogens is 252 g/mol. The Bertz CT molecular complexity index is 318. The van der Waals surface area contributed by atoms with Crippen LogP contribution < -0.4 is 11.1 Å². The quantitative estimate of drug-likeness (QED) is 0.603. The molecule has 1 saturated heterocycles. The minimum Gasteiger partial charge on any atom is -0.379 e. The molecule has 0 unspecified atom stereocenters. The lowest BCUT2D eigenvalue weighted by atomic mass is 9.80. The number of aliphatic imine (C=N–C) groups is 1. The first kappa shape index (κ1) is 15.6. The van der Waals surface area contributed by atoms with E-state index >= 15 is 0 Å². The average Bonchev–Trinajstić information content (AvgIpc) is 2.46. The summed E-state index contributed by atoms with van der Waals surface area (Å²) in [4.78, 5) is 7.24. The Morgan fingerprint density at radius 2 is 1.90 bits per heavy atom. The Hall–Kier alpha value is -0.810. The third-order valence-corrected chi connectivity index (χ3v) is 4.45. The molecule has 0 spiro atoms. The zero-order chi connectivity index (χ0) is 14.4. The molecule has 0 amide bonds. The second-order valence-corrected chi connectivity index (χ2v) is 6.38. The van der Waals surface area contributed by atoms with Crippen LogP contribution in [0.3, 0.4) is 0 Å². The van der Waals surface area contributed by atoms with Gasteiger partial charge < -0.3 is 15.8 Å². The van der Waals surface area contributed by atoms with Gasteiger partial charge in [-0.15, -0.1) is 0 Å². The maximum Gasteiger partial charge on any atom is 0.188 e. The van der Waals surface area contributed by atoms with E-state index in [1.807, 2.05) is 0 Å². The van der Waals surface area contributed by atoms with Crippen LogP contribution >= 0.6 is 0 Å². The van der Waals surface area contributed by atoms with Crippen molar-refractivity contribution in [3.63, 3.8) is 0 Å². The number of nitrogens with one attached hydrogen (secondary N) is 1. The van der Waals surface area contributed by atoms with Gasteiger partial charge in [0.15, 0.2) is 5.96 Å². The van der Waals surface area contributed by atoms with Crippen molar-refractivity contribution in [2.75, 3.05) is 32.8 Å². The standard InChI is InChI=1S/C15H30N4O/c1-13(2)18-14(16)17-12-15(6-4-3-5-7-15)19-8-10-20-11-9-19/h13H,3-12H2,1-2H3,(H3,16,17,18). The van der Waals surface area contributed by atoms with E-state index in [1.54, 1.807) is 0 Å². The van der Waals surface area contributed by atoms with E-state index in [1.165, 1.54) is 32.1 Å². The molecule has 0 radical (unpaired) electrons. The summed E-state index contributed by atoms with van der Waals surface area (Å²) in [7, 11) is 0. The average molecular weight is 282 g/mol. The molecule has 0 aromatic rings. The highest BCUT2D eigenvalue weighted by atomic mass is 16.5. The molecule has 1 aliphatic heterocycles. The van der Waals surface area contributed by atoms with E-state index in [9.17, 15) is 0 Å². The monoisotopic (exact) mass is 282 g/mol. The second-order valence-electron chi connectivity index (χ2n) is 6.38. The molecule has 0 atom stereocenters. The van der Waals surface area contributed by atoms with Gasteiger partial charge in [0.25, 0.3) is 0 Å². The second kappa shape index (κ2) is 7.27. The number of hydrogen-bond donors (Lipinski definition) is 2. The van der Waals surface area contributed by atoms with Gasteiger partial charge in [-0.2, -0.15) is 0 Å². The molecule has 1 heterocycles. The van der Waals surface area contributed by atoms with E-state index in [0.717, 1.165) is 32.8 Å². The van der Waals surface area contributed by atoms with E-state index < -0.39 is 0 Å². The van der Waals surface area contributed by atoms with Crippen LogP contribution in [0.1, 0.15) is 46.0 Å². The predicted octanol–water partition coefficient (Wildman–Crippen LogP) is 1.33. The summed E-state index contributed by atoms with van der Waals surface area (Å²) in [6, 6.07) is 0.337. The number of nitrogens with two attached hydrogens (primary N) is 1. The molecular formula is C15H30N4O. The van der Waals surface area contributed by atoms with Crippen LogP contribution in [0.5, 0.6) is 0 Å². The highest BCUT2D eigenvalue weighted by molar-refractivity contribution is 5.78. The van der Waals surface area contributed by atoms with Gasteiger partial charge in [-0.05, 0) is 26.7 Å². The first-order valence-corrected chi connectivity index (χ1v) is 8.02. The van der Waals surface area contributed by atoms with Crippen LogP contribution in [-0.2, 0) is 4.74 Å². The molecule has 1 saturated carbocycles.